The third-order valence-corrected chi connectivity index (χ3v) is 3.79. The molecule has 4 nitrogen and oxygen atoms in total. The molecule has 0 spiro atoms. The van der Waals surface area contributed by atoms with Crippen LogP contribution in [-0.4, -0.2) is 31.1 Å². The third-order valence-electron chi connectivity index (χ3n) is 3.79. The molecule has 4 heteroatoms. The molecule has 2 aliphatic rings. The van der Waals surface area contributed by atoms with E-state index in [9.17, 15) is 0 Å². The minimum Gasteiger partial charge on any atom is -0.478 e. The van der Waals surface area contributed by atoms with E-state index in [0.29, 0.717) is 6.61 Å². The number of aliphatic imine (C=N–C) groups is 2. The summed E-state index contributed by atoms with van der Waals surface area (Å²) in [6.45, 7) is 3.54. The van der Waals surface area contributed by atoms with E-state index >= 15 is 0 Å². The largest absolute Gasteiger partial charge is 0.478 e. The number of nitrogens with zero attached hydrogens (tertiary/aromatic N) is 2. The molecule has 0 aliphatic carbocycles. The third kappa shape index (κ3) is 3.84. The summed E-state index contributed by atoms with van der Waals surface area (Å²) in [5.41, 5.74) is 1.23. The number of hydrogen-bond acceptors (Lipinski definition) is 4. The molecule has 1 aromatic rings. The van der Waals surface area contributed by atoms with Crippen molar-refractivity contribution in [1.29, 1.82) is 0 Å². The van der Waals surface area contributed by atoms with Gasteiger partial charge in [-0.25, -0.2) is 4.99 Å². The summed E-state index contributed by atoms with van der Waals surface area (Å²) in [5, 5.41) is 0. The monoisotopic (exact) mass is 286 g/mol. The lowest BCUT2D eigenvalue weighted by atomic mass is 10.1. The zero-order chi connectivity index (χ0) is 14.5. The molecule has 112 valence electrons. The Morgan fingerprint density at radius 2 is 1.86 bits per heavy atom. The molecule has 0 saturated carbocycles. The Morgan fingerprint density at radius 1 is 1.10 bits per heavy atom. The van der Waals surface area contributed by atoms with Crippen molar-refractivity contribution in [3.63, 3.8) is 0 Å². The summed E-state index contributed by atoms with van der Waals surface area (Å²) in [6, 6.07) is 10.5. The van der Waals surface area contributed by atoms with Crippen LogP contribution in [-0.2, 0) is 9.47 Å². The average molecular weight is 286 g/mol. The average Bonchev–Trinajstić information content (AvgIpc) is 3.14. The predicted octanol–water partition coefficient (Wildman–Crippen LogP) is 3.53. The first-order valence-corrected chi connectivity index (χ1v) is 7.75. The van der Waals surface area contributed by atoms with E-state index in [0.717, 1.165) is 44.0 Å². The van der Waals surface area contributed by atoms with E-state index in [1.54, 1.807) is 0 Å². The Labute approximate surface area is 125 Å². The van der Waals surface area contributed by atoms with Gasteiger partial charge in [0.25, 0.3) is 0 Å². The smallest absolute Gasteiger partial charge is 0.184 e. The molecule has 0 radical (unpaired) electrons. The first-order valence-electron chi connectivity index (χ1n) is 7.75. The van der Waals surface area contributed by atoms with Gasteiger partial charge in [-0.3, -0.25) is 4.99 Å². The topological polar surface area (TPSA) is 43.2 Å². The van der Waals surface area contributed by atoms with E-state index in [-0.39, 0.29) is 12.1 Å². The van der Waals surface area contributed by atoms with Crippen LogP contribution < -0.4 is 0 Å². The van der Waals surface area contributed by atoms with Gasteiger partial charge in [0.15, 0.2) is 11.8 Å². The van der Waals surface area contributed by atoms with E-state index in [1.807, 2.05) is 18.2 Å². The van der Waals surface area contributed by atoms with Crippen molar-refractivity contribution in [2.75, 3.05) is 13.2 Å². The van der Waals surface area contributed by atoms with Gasteiger partial charge in [-0.1, -0.05) is 30.3 Å². The summed E-state index contributed by atoms with van der Waals surface area (Å²) >= 11 is 0. The van der Waals surface area contributed by atoms with Crippen LogP contribution in [0.4, 0.5) is 0 Å². The van der Waals surface area contributed by atoms with Crippen molar-refractivity contribution in [3.8, 4) is 0 Å². The molecule has 0 amide bonds. The summed E-state index contributed by atoms with van der Waals surface area (Å²) in [6.07, 6.45) is 4.24. The van der Waals surface area contributed by atoms with Gasteiger partial charge >= 0.3 is 0 Å². The minimum absolute atomic E-state index is 0.171. The van der Waals surface area contributed by atoms with Crippen molar-refractivity contribution in [2.45, 2.75) is 44.8 Å². The highest BCUT2D eigenvalue weighted by Gasteiger charge is 2.20. The minimum atomic E-state index is 0.171. The lowest BCUT2D eigenvalue weighted by molar-refractivity contribution is 0.238. The van der Waals surface area contributed by atoms with E-state index in [2.05, 4.69) is 29.0 Å². The SMILES string of the molecule is CC1CN=C(CCCCC2=NC(c3ccccc3)CO2)O1. The van der Waals surface area contributed by atoms with Crippen LogP contribution in [0.1, 0.15) is 44.2 Å². The zero-order valence-corrected chi connectivity index (χ0v) is 12.5. The van der Waals surface area contributed by atoms with Crippen LogP contribution in [0.15, 0.2) is 40.3 Å². The first kappa shape index (κ1) is 14.1. The number of unbranched alkanes of at least 4 members (excludes halogenated alkanes) is 1. The second-order valence-electron chi connectivity index (χ2n) is 5.63. The maximum absolute atomic E-state index is 5.70. The Hall–Kier alpha value is -1.84. The fourth-order valence-electron chi connectivity index (χ4n) is 2.63. The highest BCUT2D eigenvalue weighted by atomic mass is 16.5. The molecular weight excluding hydrogens is 264 g/mol. The normalized spacial score (nSPS) is 24.2. The van der Waals surface area contributed by atoms with Gasteiger partial charge in [-0.15, -0.1) is 0 Å². The van der Waals surface area contributed by atoms with Crippen LogP contribution in [0, 0.1) is 0 Å². The van der Waals surface area contributed by atoms with Crippen molar-refractivity contribution in [1.82, 2.24) is 0 Å². The van der Waals surface area contributed by atoms with Crippen LogP contribution in [0.3, 0.4) is 0 Å². The van der Waals surface area contributed by atoms with Crippen molar-refractivity contribution >= 4 is 11.8 Å². The maximum Gasteiger partial charge on any atom is 0.184 e. The van der Waals surface area contributed by atoms with Gasteiger partial charge in [-0.05, 0) is 25.3 Å². The lowest BCUT2D eigenvalue weighted by Gasteiger charge is -2.05. The van der Waals surface area contributed by atoms with Gasteiger partial charge < -0.3 is 9.47 Å². The first-order chi connectivity index (χ1) is 10.3. The second-order valence-corrected chi connectivity index (χ2v) is 5.63. The number of ether oxygens (including phenoxy) is 2. The van der Waals surface area contributed by atoms with Gasteiger partial charge in [0.05, 0.1) is 6.54 Å². The Bertz CT molecular complexity index is 525. The van der Waals surface area contributed by atoms with Crippen LogP contribution in [0.5, 0.6) is 0 Å². The molecule has 2 atom stereocenters. The van der Waals surface area contributed by atoms with Crippen molar-refractivity contribution in [3.05, 3.63) is 35.9 Å². The van der Waals surface area contributed by atoms with Gasteiger partial charge in [-0.2, -0.15) is 0 Å². The Morgan fingerprint density at radius 3 is 2.57 bits per heavy atom. The summed E-state index contributed by atoms with van der Waals surface area (Å²) in [7, 11) is 0. The molecule has 0 N–H and O–H groups in total. The van der Waals surface area contributed by atoms with Crippen molar-refractivity contribution < 1.29 is 9.47 Å². The molecule has 2 heterocycles. The fourth-order valence-corrected chi connectivity index (χ4v) is 2.63. The molecule has 3 rings (SSSR count). The molecule has 0 bridgehead atoms. The summed E-state index contributed by atoms with van der Waals surface area (Å²) < 4.78 is 11.3. The van der Waals surface area contributed by atoms with Gasteiger partial charge in [0.1, 0.15) is 18.8 Å². The molecule has 0 saturated heterocycles. The lowest BCUT2D eigenvalue weighted by Crippen LogP contribution is -2.07. The fraction of sp³-hybridized carbons (Fsp3) is 0.529. The predicted molar refractivity (Wildman–Crippen MR) is 83.9 cm³/mol. The van der Waals surface area contributed by atoms with Crippen LogP contribution in [0.2, 0.25) is 0 Å². The molecule has 0 fully saturated rings. The van der Waals surface area contributed by atoms with Gasteiger partial charge in [0, 0.05) is 12.8 Å². The molecule has 21 heavy (non-hydrogen) atoms. The highest BCUT2D eigenvalue weighted by molar-refractivity contribution is 5.79. The van der Waals surface area contributed by atoms with E-state index < -0.39 is 0 Å². The van der Waals surface area contributed by atoms with E-state index in [4.69, 9.17) is 9.47 Å². The van der Waals surface area contributed by atoms with Crippen LogP contribution in [0.25, 0.3) is 0 Å². The number of hydrogen-bond donors (Lipinski definition) is 0. The van der Waals surface area contributed by atoms with Crippen molar-refractivity contribution in [2.24, 2.45) is 9.98 Å². The highest BCUT2D eigenvalue weighted by Crippen LogP contribution is 2.24. The molecule has 2 unspecified atom stereocenters. The molecular formula is C17H22N2O2. The number of rotatable bonds is 6. The maximum atomic E-state index is 5.70. The quantitative estimate of drug-likeness (QED) is 0.751. The standard InChI is InChI=1S/C17H22N2O2/c1-13-11-18-16(21-13)9-5-6-10-17-19-15(12-20-17)14-7-3-2-4-8-14/h2-4,7-8,13,15H,5-6,9-12H2,1H3. The van der Waals surface area contributed by atoms with Crippen LogP contribution >= 0.6 is 0 Å². The zero-order valence-electron chi connectivity index (χ0n) is 12.5. The molecule has 2 aliphatic heterocycles. The Kier molecular flexibility index (Phi) is 4.53. The van der Waals surface area contributed by atoms with Gasteiger partial charge in [0.2, 0.25) is 0 Å². The Balaban J connectivity index is 1.40. The molecule has 1 aromatic carbocycles. The molecule has 0 aromatic heterocycles. The summed E-state index contributed by atoms with van der Waals surface area (Å²) in [4.78, 5) is 9.04. The summed E-state index contributed by atoms with van der Waals surface area (Å²) in [5.74, 6) is 1.81. The van der Waals surface area contributed by atoms with E-state index in [1.165, 1.54) is 5.56 Å². The second kappa shape index (κ2) is 6.74. The number of benzene rings is 1.